The molecule has 0 saturated carbocycles. The van der Waals surface area contributed by atoms with Gasteiger partial charge >= 0.3 is 11.9 Å². The van der Waals surface area contributed by atoms with Crippen LogP contribution in [0.5, 0.6) is 0 Å². The Hall–Kier alpha value is -1.95. The van der Waals surface area contributed by atoms with Crippen LogP contribution in [0, 0.1) is 0 Å². The molecule has 0 aliphatic rings. The lowest BCUT2D eigenvalue weighted by atomic mass is 10.0. The lowest BCUT2D eigenvalue weighted by Crippen LogP contribution is -2.25. The van der Waals surface area contributed by atoms with E-state index in [1.807, 2.05) is 12.2 Å². The number of rotatable bonds is 36. The zero-order valence-electron chi connectivity index (χ0n) is 30.8. The molecule has 0 aromatic rings. The largest absolute Gasteiger partial charge is 0.463 e. The predicted molar refractivity (Wildman–Crippen MR) is 196 cm³/mol. The summed E-state index contributed by atoms with van der Waals surface area (Å²) in [5, 5.41) is 10.0. The minimum absolute atomic E-state index is 0.145. The second-order valence-electron chi connectivity index (χ2n) is 13.4. The van der Waals surface area contributed by atoms with E-state index in [1.54, 1.807) is 6.08 Å². The first-order valence-corrected chi connectivity index (χ1v) is 19.8. The van der Waals surface area contributed by atoms with Gasteiger partial charge in [0.05, 0.1) is 0 Å². The highest BCUT2D eigenvalue weighted by Crippen LogP contribution is 2.15. The smallest absolute Gasteiger partial charge is 0.305 e. The van der Waals surface area contributed by atoms with Crippen molar-refractivity contribution in [1.29, 1.82) is 0 Å². The Bertz CT molecular complexity index is 774. The minimum atomic E-state index is -0.999. The van der Waals surface area contributed by atoms with Crippen molar-refractivity contribution >= 4 is 17.7 Å². The van der Waals surface area contributed by atoms with E-state index >= 15 is 0 Å². The number of hydrogen-bond donors (Lipinski definition) is 1. The highest BCUT2D eigenvalue weighted by atomic mass is 16.6. The quantitative estimate of drug-likeness (QED) is 0.0311. The zero-order chi connectivity index (χ0) is 34.5. The fourth-order valence-corrected chi connectivity index (χ4v) is 5.60. The first-order valence-electron chi connectivity index (χ1n) is 19.8. The Morgan fingerprint density at radius 3 is 1.28 bits per heavy atom. The average Bonchev–Trinajstić information content (AvgIpc) is 3.06. The Morgan fingerprint density at radius 1 is 0.489 bits per heavy atom. The van der Waals surface area contributed by atoms with Gasteiger partial charge in [-0.2, -0.15) is 0 Å². The molecular formula is C41H74O6. The van der Waals surface area contributed by atoms with Gasteiger partial charge in [0.2, 0.25) is 0 Å². The van der Waals surface area contributed by atoms with Gasteiger partial charge in [-0.3, -0.25) is 14.4 Å². The molecule has 0 amide bonds. The fourth-order valence-electron chi connectivity index (χ4n) is 5.60. The molecule has 0 fully saturated rings. The van der Waals surface area contributed by atoms with Crippen LogP contribution in [0.2, 0.25) is 0 Å². The molecule has 0 aliphatic heterocycles. The van der Waals surface area contributed by atoms with E-state index in [0.29, 0.717) is 19.3 Å². The normalized spacial score (nSPS) is 12.2. The van der Waals surface area contributed by atoms with Gasteiger partial charge < -0.3 is 14.6 Å². The van der Waals surface area contributed by atoms with Crippen molar-refractivity contribution in [2.75, 3.05) is 13.2 Å². The summed E-state index contributed by atoms with van der Waals surface area (Å²) in [5.74, 6) is -0.489. The lowest BCUT2D eigenvalue weighted by Gasteiger charge is -2.12. The van der Waals surface area contributed by atoms with Crippen LogP contribution in [0.4, 0.5) is 0 Å². The molecule has 6 heteroatoms. The van der Waals surface area contributed by atoms with Gasteiger partial charge in [-0.1, -0.05) is 167 Å². The number of carbonyl (C=O) groups excluding carboxylic acids is 3. The third-order valence-electron chi connectivity index (χ3n) is 8.67. The molecule has 0 bridgehead atoms. The number of ketones is 1. The Balaban J connectivity index is 3.49. The molecule has 0 aromatic heterocycles. The maximum absolute atomic E-state index is 12.0. The van der Waals surface area contributed by atoms with Crippen LogP contribution in [-0.2, 0) is 23.9 Å². The van der Waals surface area contributed by atoms with E-state index in [4.69, 9.17) is 9.47 Å². The summed E-state index contributed by atoms with van der Waals surface area (Å²) in [6, 6.07) is 0. The van der Waals surface area contributed by atoms with Gasteiger partial charge in [-0.25, -0.2) is 0 Å². The summed E-state index contributed by atoms with van der Waals surface area (Å²) < 4.78 is 10.3. The molecule has 6 nitrogen and oxygen atoms in total. The molecule has 0 spiro atoms. The van der Waals surface area contributed by atoms with Gasteiger partial charge in [-0.05, 0) is 38.2 Å². The zero-order valence-corrected chi connectivity index (χ0v) is 30.8. The van der Waals surface area contributed by atoms with E-state index in [0.717, 1.165) is 57.8 Å². The Labute approximate surface area is 289 Å². The molecule has 274 valence electrons. The number of hydrogen-bond acceptors (Lipinski definition) is 6. The third kappa shape index (κ3) is 36.7. The molecule has 0 aromatic carbocycles. The number of allylic oxidation sites excluding steroid dienone is 4. The highest BCUT2D eigenvalue weighted by molar-refractivity contribution is 5.89. The van der Waals surface area contributed by atoms with E-state index in [9.17, 15) is 19.5 Å². The van der Waals surface area contributed by atoms with Gasteiger partial charge in [0.25, 0.3) is 0 Å². The second-order valence-corrected chi connectivity index (χ2v) is 13.4. The Morgan fingerprint density at radius 2 is 0.851 bits per heavy atom. The molecule has 1 N–H and O–H groups in total. The van der Waals surface area contributed by atoms with Crippen LogP contribution >= 0.6 is 0 Å². The van der Waals surface area contributed by atoms with E-state index < -0.39 is 6.10 Å². The van der Waals surface area contributed by atoms with Crippen molar-refractivity contribution in [2.24, 2.45) is 0 Å². The predicted octanol–water partition coefficient (Wildman–Crippen LogP) is 11.5. The standard InChI is InChI=1S/C41H74O6/c1-3-5-7-9-11-12-13-14-15-16-17-18-19-20-22-26-30-34-40(44)46-36-39(43)37-47-41(45)35-31-27-23-25-29-33-38(42)32-28-24-21-10-8-6-4-2/h21,24,28,32,39,43H,3-20,22-23,25-27,29-31,33-37H2,1-2H3/b24-21-,32-28+/t39-/m1/s1. The molecular weight excluding hydrogens is 588 g/mol. The van der Waals surface area contributed by atoms with Crippen molar-refractivity contribution in [1.82, 2.24) is 0 Å². The van der Waals surface area contributed by atoms with Crippen LogP contribution in [0.15, 0.2) is 24.3 Å². The summed E-state index contributed by atoms with van der Waals surface area (Å²) in [7, 11) is 0. The number of unbranched alkanes of at least 4 members (excludes halogenated alkanes) is 23. The summed E-state index contributed by atoms with van der Waals surface area (Å²) in [5.41, 5.74) is 0. The van der Waals surface area contributed by atoms with E-state index in [-0.39, 0.29) is 30.9 Å². The van der Waals surface area contributed by atoms with Crippen molar-refractivity contribution < 1.29 is 29.0 Å². The topological polar surface area (TPSA) is 89.9 Å². The molecule has 47 heavy (non-hydrogen) atoms. The number of aliphatic hydroxyl groups is 1. The molecule has 0 heterocycles. The fraction of sp³-hybridized carbons (Fsp3) is 0.829. The van der Waals surface area contributed by atoms with E-state index in [1.165, 1.54) is 109 Å². The summed E-state index contributed by atoms with van der Waals surface area (Å²) >= 11 is 0. The van der Waals surface area contributed by atoms with Crippen molar-refractivity contribution in [3.63, 3.8) is 0 Å². The first-order chi connectivity index (χ1) is 23.0. The van der Waals surface area contributed by atoms with Gasteiger partial charge in [-0.15, -0.1) is 0 Å². The minimum Gasteiger partial charge on any atom is -0.463 e. The van der Waals surface area contributed by atoms with Crippen molar-refractivity contribution in [3.05, 3.63) is 24.3 Å². The third-order valence-corrected chi connectivity index (χ3v) is 8.67. The molecule has 0 radical (unpaired) electrons. The van der Waals surface area contributed by atoms with E-state index in [2.05, 4.69) is 19.9 Å². The van der Waals surface area contributed by atoms with Gasteiger partial charge in [0.1, 0.15) is 19.3 Å². The molecule has 0 saturated heterocycles. The number of carbonyl (C=O) groups is 3. The number of esters is 2. The number of ether oxygens (including phenoxy) is 2. The van der Waals surface area contributed by atoms with Crippen LogP contribution in [0.3, 0.4) is 0 Å². The lowest BCUT2D eigenvalue weighted by molar-refractivity contribution is -0.152. The molecule has 1 atom stereocenters. The second kappa shape index (κ2) is 36.9. The highest BCUT2D eigenvalue weighted by Gasteiger charge is 2.12. The van der Waals surface area contributed by atoms with Gasteiger partial charge in [0.15, 0.2) is 5.78 Å². The van der Waals surface area contributed by atoms with Gasteiger partial charge in [0, 0.05) is 19.3 Å². The SMILES string of the molecule is CCCCC/C=C\C=C\C(=O)CCCCCCCC(=O)OC[C@H](O)COC(=O)CCCCCCCCCCCCCCCCCCC. The Kier molecular flexibility index (Phi) is 35.3. The van der Waals surface area contributed by atoms with Crippen LogP contribution in [0.25, 0.3) is 0 Å². The summed E-state index contributed by atoms with van der Waals surface area (Å²) in [6.45, 7) is 4.16. The molecule has 0 aliphatic carbocycles. The van der Waals surface area contributed by atoms with Crippen LogP contribution in [-0.4, -0.2) is 42.1 Å². The number of aliphatic hydroxyl groups excluding tert-OH is 1. The van der Waals surface area contributed by atoms with Crippen molar-refractivity contribution in [3.8, 4) is 0 Å². The van der Waals surface area contributed by atoms with Crippen LogP contribution < -0.4 is 0 Å². The van der Waals surface area contributed by atoms with Crippen LogP contribution in [0.1, 0.15) is 200 Å². The average molecular weight is 663 g/mol. The summed E-state index contributed by atoms with van der Waals surface area (Å²) in [6.07, 6.45) is 39.1. The molecule has 0 rings (SSSR count). The maximum Gasteiger partial charge on any atom is 0.305 e. The maximum atomic E-state index is 12.0. The summed E-state index contributed by atoms with van der Waals surface area (Å²) in [4.78, 5) is 35.8. The first kappa shape index (κ1) is 45.0. The van der Waals surface area contributed by atoms with Crippen molar-refractivity contribution in [2.45, 2.75) is 206 Å². The monoisotopic (exact) mass is 663 g/mol. The molecule has 0 unspecified atom stereocenters.